The first-order valence-electron chi connectivity index (χ1n) is 12.3. The van der Waals surface area contributed by atoms with Crippen LogP contribution < -0.4 is 0 Å². The Morgan fingerprint density at radius 1 is 1.08 bits per heavy atom. The molecular formula is C27H36N2O7. The minimum Gasteiger partial charge on any atom is -0.478 e. The molecule has 3 unspecified atom stereocenters. The van der Waals surface area contributed by atoms with E-state index in [9.17, 15) is 19.5 Å². The van der Waals surface area contributed by atoms with Gasteiger partial charge in [-0.2, -0.15) is 0 Å². The number of nitrogens with zero attached hydrogens (tertiary/aromatic N) is 2. The molecule has 0 saturated carbocycles. The number of aliphatic hydroxyl groups excluding tert-OH is 1. The van der Waals surface area contributed by atoms with E-state index in [4.69, 9.17) is 14.9 Å². The third-order valence-corrected chi connectivity index (χ3v) is 7.11. The number of carboxylic acid groups (broad SMARTS) is 2. The van der Waals surface area contributed by atoms with Crippen LogP contribution in [0.5, 0.6) is 0 Å². The Hall–Kier alpha value is -3.17. The number of piperidine rings is 1. The molecule has 2 aliphatic rings. The molecule has 0 radical (unpaired) electrons. The van der Waals surface area contributed by atoms with Crippen LogP contribution in [0.3, 0.4) is 0 Å². The molecule has 1 aliphatic heterocycles. The summed E-state index contributed by atoms with van der Waals surface area (Å²) in [7, 11) is 2.12. The van der Waals surface area contributed by atoms with Crippen molar-refractivity contribution in [2.24, 2.45) is 5.92 Å². The number of carbonyl (C=O) groups is 3. The SMILES string of the molecule is CC(O)C(C)OC(=O)[C@H]1CC2c3cccc4c3c(cn4C(C)C)C[C@H]2N(C)C1.O=C(O)/C=C\C(=O)O. The lowest BCUT2D eigenvalue weighted by molar-refractivity contribution is -0.160. The maximum absolute atomic E-state index is 12.8. The first kappa shape index (κ1) is 27.4. The van der Waals surface area contributed by atoms with Gasteiger partial charge in [-0.3, -0.25) is 4.79 Å². The van der Waals surface area contributed by atoms with Crippen molar-refractivity contribution in [1.29, 1.82) is 0 Å². The lowest BCUT2D eigenvalue weighted by atomic mass is 9.72. The van der Waals surface area contributed by atoms with Gasteiger partial charge in [-0.05, 0) is 64.8 Å². The molecule has 9 heteroatoms. The minimum absolute atomic E-state index is 0.156. The molecular weight excluding hydrogens is 464 g/mol. The van der Waals surface area contributed by atoms with Crippen molar-refractivity contribution in [3.63, 3.8) is 0 Å². The van der Waals surface area contributed by atoms with Gasteiger partial charge in [-0.1, -0.05) is 12.1 Å². The second-order valence-corrected chi connectivity index (χ2v) is 10.0. The van der Waals surface area contributed by atoms with Crippen LogP contribution in [0.25, 0.3) is 10.9 Å². The Kier molecular flexibility index (Phi) is 8.58. The lowest BCUT2D eigenvalue weighted by Gasteiger charge is -2.45. The quantitative estimate of drug-likeness (QED) is 0.407. The van der Waals surface area contributed by atoms with Gasteiger partial charge in [0.1, 0.15) is 6.10 Å². The Labute approximate surface area is 211 Å². The van der Waals surface area contributed by atoms with E-state index in [-0.39, 0.29) is 11.9 Å². The summed E-state index contributed by atoms with van der Waals surface area (Å²) < 4.78 is 7.91. The van der Waals surface area contributed by atoms with Gasteiger partial charge >= 0.3 is 17.9 Å². The molecule has 0 amide bonds. The predicted octanol–water partition coefficient (Wildman–Crippen LogP) is 3.21. The van der Waals surface area contributed by atoms with Crippen molar-refractivity contribution in [2.45, 2.75) is 70.7 Å². The summed E-state index contributed by atoms with van der Waals surface area (Å²) in [5, 5.41) is 26.7. The first-order chi connectivity index (χ1) is 16.9. The average molecular weight is 501 g/mol. The number of carboxylic acids is 2. The molecule has 1 fully saturated rings. The zero-order chi connectivity index (χ0) is 26.7. The molecule has 3 N–H and O–H groups in total. The molecule has 9 nitrogen and oxygen atoms in total. The van der Waals surface area contributed by atoms with Crippen molar-refractivity contribution in [2.75, 3.05) is 13.6 Å². The molecule has 36 heavy (non-hydrogen) atoms. The number of esters is 1. The van der Waals surface area contributed by atoms with Crippen LogP contribution in [0, 0.1) is 5.92 Å². The van der Waals surface area contributed by atoms with Gasteiger partial charge in [0, 0.05) is 53.8 Å². The van der Waals surface area contributed by atoms with E-state index in [2.05, 4.69) is 54.8 Å². The summed E-state index contributed by atoms with van der Waals surface area (Å²) in [5.74, 6) is -2.52. The number of aromatic nitrogens is 1. The zero-order valence-electron chi connectivity index (χ0n) is 21.4. The molecule has 5 atom stereocenters. The van der Waals surface area contributed by atoms with Gasteiger partial charge in [0.25, 0.3) is 0 Å². The summed E-state index contributed by atoms with van der Waals surface area (Å²) in [6.45, 7) is 8.57. The molecule has 4 rings (SSSR count). The number of ether oxygens (including phenoxy) is 1. The summed E-state index contributed by atoms with van der Waals surface area (Å²) in [6, 6.07) is 7.45. The van der Waals surface area contributed by atoms with Crippen molar-refractivity contribution >= 4 is 28.8 Å². The van der Waals surface area contributed by atoms with E-state index in [1.807, 2.05) is 0 Å². The number of aliphatic hydroxyl groups is 1. The van der Waals surface area contributed by atoms with Crippen LogP contribution in [0.15, 0.2) is 36.5 Å². The van der Waals surface area contributed by atoms with Crippen molar-refractivity contribution in [1.82, 2.24) is 9.47 Å². The van der Waals surface area contributed by atoms with E-state index in [0.717, 1.165) is 12.8 Å². The molecule has 1 aromatic carbocycles. The van der Waals surface area contributed by atoms with Crippen LogP contribution in [-0.4, -0.2) is 74.5 Å². The number of hydrogen-bond donors (Lipinski definition) is 3. The lowest BCUT2D eigenvalue weighted by Crippen LogP contribution is -2.50. The number of hydrogen-bond acceptors (Lipinski definition) is 6. The van der Waals surface area contributed by atoms with Crippen LogP contribution in [0.2, 0.25) is 0 Å². The van der Waals surface area contributed by atoms with Crippen molar-refractivity contribution in [3.8, 4) is 0 Å². The highest BCUT2D eigenvalue weighted by atomic mass is 16.6. The number of likely N-dealkylation sites (N-methyl/N-ethyl adjacent to an activating group) is 1. The average Bonchev–Trinajstić information content (AvgIpc) is 3.18. The largest absolute Gasteiger partial charge is 0.478 e. The Bertz CT molecular complexity index is 1130. The van der Waals surface area contributed by atoms with E-state index in [1.54, 1.807) is 13.8 Å². The highest BCUT2D eigenvalue weighted by Crippen LogP contribution is 2.45. The summed E-state index contributed by atoms with van der Waals surface area (Å²) >= 11 is 0. The second-order valence-electron chi connectivity index (χ2n) is 10.0. The zero-order valence-corrected chi connectivity index (χ0v) is 21.4. The second kappa shape index (κ2) is 11.3. The van der Waals surface area contributed by atoms with Gasteiger partial charge in [0.15, 0.2) is 0 Å². The molecule has 2 aromatic rings. The summed E-state index contributed by atoms with van der Waals surface area (Å²) in [6.07, 6.45) is 4.15. The normalized spacial score (nSPS) is 23.0. The number of rotatable bonds is 6. The van der Waals surface area contributed by atoms with Crippen LogP contribution in [-0.2, 0) is 25.5 Å². The smallest absolute Gasteiger partial charge is 0.328 e. The molecule has 1 aliphatic carbocycles. The fourth-order valence-electron chi connectivity index (χ4n) is 5.19. The predicted molar refractivity (Wildman–Crippen MR) is 135 cm³/mol. The topological polar surface area (TPSA) is 129 Å². The van der Waals surface area contributed by atoms with E-state index in [0.29, 0.717) is 36.7 Å². The van der Waals surface area contributed by atoms with E-state index < -0.39 is 24.1 Å². The minimum atomic E-state index is -1.26. The monoisotopic (exact) mass is 500 g/mol. The molecule has 196 valence electrons. The summed E-state index contributed by atoms with van der Waals surface area (Å²) in [4.78, 5) is 34.2. The van der Waals surface area contributed by atoms with Crippen LogP contribution in [0.1, 0.15) is 57.2 Å². The fourth-order valence-corrected chi connectivity index (χ4v) is 5.19. The third kappa shape index (κ3) is 5.96. The number of carbonyl (C=O) groups excluding carboxylic acids is 1. The molecule has 2 heterocycles. The summed E-state index contributed by atoms with van der Waals surface area (Å²) in [5.41, 5.74) is 4.10. The molecule has 1 saturated heterocycles. The molecule has 0 spiro atoms. The van der Waals surface area contributed by atoms with Crippen molar-refractivity contribution < 1.29 is 34.4 Å². The van der Waals surface area contributed by atoms with Crippen molar-refractivity contribution in [3.05, 3.63) is 47.7 Å². The van der Waals surface area contributed by atoms with Gasteiger partial charge in [0.2, 0.25) is 0 Å². The first-order valence-corrected chi connectivity index (χ1v) is 12.3. The Morgan fingerprint density at radius 2 is 1.72 bits per heavy atom. The highest BCUT2D eigenvalue weighted by molar-refractivity contribution is 5.90. The van der Waals surface area contributed by atoms with E-state index in [1.165, 1.54) is 22.0 Å². The van der Waals surface area contributed by atoms with Gasteiger partial charge in [0.05, 0.1) is 12.0 Å². The Morgan fingerprint density at radius 3 is 2.28 bits per heavy atom. The molecule has 1 aromatic heterocycles. The number of benzene rings is 1. The number of likely N-dealkylation sites (tertiary alicyclic amines) is 1. The molecule has 0 bridgehead atoms. The highest BCUT2D eigenvalue weighted by Gasteiger charge is 2.42. The fraction of sp³-hybridized carbons (Fsp3) is 0.519. The van der Waals surface area contributed by atoms with Gasteiger partial charge < -0.3 is 29.5 Å². The van der Waals surface area contributed by atoms with Gasteiger partial charge in [-0.15, -0.1) is 0 Å². The van der Waals surface area contributed by atoms with Crippen LogP contribution in [0.4, 0.5) is 0 Å². The maximum atomic E-state index is 12.8. The Balaban J connectivity index is 0.000000392. The van der Waals surface area contributed by atoms with Gasteiger partial charge in [-0.25, -0.2) is 9.59 Å². The standard InChI is InChI=1S/C23H32N2O3.C4H4O4/c1-13(2)25-12-16-10-21-19(18-7-6-8-20(25)22(16)18)9-17(11-24(21)5)23(27)28-15(4)14(3)26;5-3(6)1-2-4(7)8/h6-8,12-15,17,19,21,26H,9-11H2,1-5H3;1-2H,(H,5,6)(H,7,8)/b;2-1-/t14?,15?,17-,19?,21+;/m0./s1. The van der Waals surface area contributed by atoms with E-state index >= 15 is 0 Å². The number of aliphatic carboxylic acids is 2. The number of fused-ring (bicyclic) bond motifs is 2. The maximum Gasteiger partial charge on any atom is 0.328 e. The third-order valence-electron chi connectivity index (χ3n) is 7.11. The van der Waals surface area contributed by atoms with Crippen LogP contribution >= 0.6 is 0 Å².